The number of allylic oxidation sites excluding steroid dienone is 16. The van der Waals surface area contributed by atoms with Crippen molar-refractivity contribution in [2.24, 2.45) is 0 Å². The maximum Gasteiger partial charge on any atom is 0.472 e. The average Bonchev–Trinajstić information content (AvgIpc) is 3.46. The summed E-state index contributed by atoms with van der Waals surface area (Å²) in [5, 5.41) is 0. The van der Waals surface area contributed by atoms with Crippen molar-refractivity contribution in [2.45, 2.75) is 302 Å². The van der Waals surface area contributed by atoms with Gasteiger partial charge in [0.1, 0.15) is 19.8 Å². The van der Waals surface area contributed by atoms with E-state index in [9.17, 15) is 19.0 Å². The standard InChI is InChI=1S/C72H128NO8P/c1-6-8-10-12-14-16-18-20-22-24-26-28-29-30-31-32-33-34-35-36-37-38-39-40-41-42-43-45-47-49-51-53-55-57-59-61-63-65-72(75)81-70(69-80-82(76,77)79-67-66-73(3,4)5)68-78-71(74)64-62-60-58-56-54-52-50-48-46-44-27-25-23-21-19-17-15-13-11-9-7-2/h8,10,14,16,19-22,25-28,30-31,46,48,70H,6-7,9,11-13,15,17-18,23-24,29,32-45,47,49-69H2,1-5H3/p+1/b10-8-,16-14-,21-19-,22-20-,27-25-,28-26-,31-30-,48-46-. The topological polar surface area (TPSA) is 108 Å². The predicted molar refractivity (Wildman–Crippen MR) is 353 cm³/mol. The summed E-state index contributed by atoms with van der Waals surface area (Å²) in [6.45, 7) is 4.32. The highest BCUT2D eigenvalue weighted by molar-refractivity contribution is 7.47. The molecule has 9 nitrogen and oxygen atoms in total. The first kappa shape index (κ1) is 78.9. The Hall–Kier alpha value is -3.07. The second-order valence-electron chi connectivity index (χ2n) is 23.8. The van der Waals surface area contributed by atoms with E-state index in [-0.39, 0.29) is 32.0 Å². The van der Waals surface area contributed by atoms with Gasteiger partial charge < -0.3 is 18.9 Å². The fraction of sp³-hybridized carbons (Fsp3) is 0.750. The smallest absolute Gasteiger partial charge is 0.462 e. The highest BCUT2D eigenvalue weighted by Crippen LogP contribution is 2.43. The Morgan fingerprint density at radius 3 is 1.04 bits per heavy atom. The van der Waals surface area contributed by atoms with E-state index in [0.29, 0.717) is 17.4 Å². The lowest BCUT2D eigenvalue weighted by Crippen LogP contribution is -2.37. The Morgan fingerprint density at radius 1 is 0.390 bits per heavy atom. The van der Waals surface area contributed by atoms with Crippen LogP contribution in [0, 0.1) is 0 Å². The molecule has 0 aromatic carbocycles. The van der Waals surface area contributed by atoms with Gasteiger partial charge in [0, 0.05) is 12.8 Å². The maximum atomic E-state index is 12.9. The largest absolute Gasteiger partial charge is 0.472 e. The summed E-state index contributed by atoms with van der Waals surface area (Å²) in [5.74, 6) is -0.804. The van der Waals surface area contributed by atoms with E-state index in [2.05, 4.69) is 111 Å². The number of ether oxygens (including phenoxy) is 2. The van der Waals surface area contributed by atoms with Crippen LogP contribution >= 0.6 is 7.82 Å². The van der Waals surface area contributed by atoms with Gasteiger partial charge in [0.25, 0.3) is 0 Å². The van der Waals surface area contributed by atoms with Crippen molar-refractivity contribution in [1.82, 2.24) is 0 Å². The van der Waals surface area contributed by atoms with Gasteiger partial charge in [-0.15, -0.1) is 0 Å². The van der Waals surface area contributed by atoms with Gasteiger partial charge in [0.2, 0.25) is 0 Å². The van der Waals surface area contributed by atoms with E-state index >= 15 is 0 Å². The minimum Gasteiger partial charge on any atom is -0.462 e. The number of likely N-dealkylation sites (N-methyl/N-ethyl adjacent to an activating group) is 1. The predicted octanol–water partition coefficient (Wildman–Crippen LogP) is 21.9. The molecule has 474 valence electrons. The van der Waals surface area contributed by atoms with Gasteiger partial charge in [0.05, 0.1) is 27.7 Å². The molecule has 0 fully saturated rings. The molecule has 82 heavy (non-hydrogen) atoms. The van der Waals surface area contributed by atoms with Gasteiger partial charge >= 0.3 is 19.8 Å². The molecule has 0 aliphatic rings. The summed E-state index contributed by atoms with van der Waals surface area (Å²) in [4.78, 5) is 35.8. The van der Waals surface area contributed by atoms with Crippen molar-refractivity contribution in [3.05, 3.63) is 97.2 Å². The normalized spacial score (nSPS) is 13.8. The highest BCUT2D eigenvalue weighted by atomic mass is 31.2. The van der Waals surface area contributed by atoms with Crippen molar-refractivity contribution in [1.29, 1.82) is 0 Å². The van der Waals surface area contributed by atoms with Crippen LogP contribution in [0.5, 0.6) is 0 Å². The number of hydrogen-bond donors (Lipinski definition) is 1. The third-order valence-corrected chi connectivity index (χ3v) is 15.6. The van der Waals surface area contributed by atoms with Crippen LogP contribution in [0.3, 0.4) is 0 Å². The fourth-order valence-corrected chi connectivity index (χ4v) is 10.1. The molecule has 2 unspecified atom stereocenters. The van der Waals surface area contributed by atoms with E-state index in [4.69, 9.17) is 18.5 Å². The zero-order valence-electron chi connectivity index (χ0n) is 54.0. The van der Waals surface area contributed by atoms with Crippen LogP contribution in [0.2, 0.25) is 0 Å². The van der Waals surface area contributed by atoms with Crippen molar-refractivity contribution in [3.8, 4) is 0 Å². The number of hydrogen-bond acceptors (Lipinski definition) is 7. The van der Waals surface area contributed by atoms with E-state index in [1.807, 2.05) is 21.1 Å². The Bertz CT molecular complexity index is 1710. The zero-order valence-corrected chi connectivity index (χ0v) is 54.8. The summed E-state index contributed by atoms with van der Waals surface area (Å²) < 4.78 is 34.7. The summed E-state index contributed by atoms with van der Waals surface area (Å²) in [7, 11) is 1.47. The van der Waals surface area contributed by atoms with Crippen molar-refractivity contribution in [2.75, 3.05) is 47.5 Å². The molecule has 0 heterocycles. The van der Waals surface area contributed by atoms with Crippen LogP contribution < -0.4 is 0 Å². The van der Waals surface area contributed by atoms with Crippen molar-refractivity contribution >= 4 is 19.8 Å². The summed E-state index contributed by atoms with van der Waals surface area (Å²) in [5.41, 5.74) is 0. The number of rotatable bonds is 62. The minimum atomic E-state index is -4.40. The average molecular weight is 1170 g/mol. The number of unbranched alkanes of at least 4 members (excludes halogenated alkanes) is 32. The molecule has 0 spiro atoms. The van der Waals surface area contributed by atoms with Gasteiger partial charge in [-0.05, 0) is 96.3 Å². The maximum absolute atomic E-state index is 12.9. The van der Waals surface area contributed by atoms with Gasteiger partial charge in [-0.3, -0.25) is 18.6 Å². The molecule has 0 saturated carbocycles. The number of esters is 2. The van der Waals surface area contributed by atoms with E-state index < -0.39 is 26.5 Å². The Morgan fingerprint density at radius 2 is 0.695 bits per heavy atom. The lowest BCUT2D eigenvalue weighted by Gasteiger charge is -2.24. The number of phosphoric ester groups is 1. The van der Waals surface area contributed by atoms with Crippen LogP contribution in [-0.2, 0) is 32.7 Å². The van der Waals surface area contributed by atoms with Gasteiger partial charge in [0.15, 0.2) is 6.10 Å². The molecule has 2 atom stereocenters. The minimum absolute atomic E-state index is 0.0274. The van der Waals surface area contributed by atoms with Crippen LogP contribution in [0.1, 0.15) is 296 Å². The third-order valence-electron chi connectivity index (χ3n) is 14.6. The molecule has 0 saturated heterocycles. The second kappa shape index (κ2) is 62.5. The molecule has 0 aromatic rings. The second-order valence-corrected chi connectivity index (χ2v) is 25.3. The lowest BCUT2D eigenvalue weighted by atomic mass is 10.0. The van der Waals surface area contributed by atoms with E-state index in [0.717, 1.165) is 89.9 Å². The number of quaternary nitrogens is 1. The molecule has 0 amide bonds. The summed E-state index contributed by atoms with van der Waals surface area (Å²) in [6.07, 6.45) is 86.5. The fourth-order valence-electron chi connectivity index (χ4n) is 9.40. The molecule has 0 rings (SSSR count). The Balaban J connectivity index is 4.02. The van der Waals surface area contributed by atoms with Crippen molar-refractivity contribution in [3.63, 3.8) is 0 Å². The highest BCUT2D eigenvalue weighted by Gasteiger charge is 2.27. The number of carbonyl (C=O) groups is 2. The Labute approximate surface area is 506 Å². The Kier molecular flexibility index (Phi) is 60.1. The molecule has 10 heteroatoms. The number of carbonyl (C=O) groups excluding carboxylic acids is 2. The van der Waals surface area contributed by atoms with Gasteiger partial charge in [-0.25, -0.2) is 4.57 Å². The third kappa shape index (κ3) is 66.1. The van der Waals surface area contributed by atoms with E-state index in [1.54, 1.807) is 0 Å². The quantitative estimate of drug-likeness (QED) is 0.0211. The number of phosphoric acid groups is 1. The molecule has 0 radical (unpaired) electrons. The van der Waals surface area contributed by atoms with Crippen LogP contribution in [0.15, 0.2) is 97.2 Å². The molecule has 0 bridgehead atoms. The molecular formula is C72H129NO8P+. The van der Waals surface area contributed by atoms with Crippen molar-refractivity contribution < 1.29 is 42.1 Å². The van der Waals surface area contributed by atoms with Crippen LogP contribution in [0.4, 0.5) is 0 Å². The lowest BCUT2D eigenvalue weighted by molar-refractivity contribution is -0.870. The van der Waals surface area contributed by atoms with Crippen LogP contribution in [-0.4, -0.2) is 74.9 Å². The SMILES string of the molecule is CC/C=C\C/C=C\C/C=C\C/C=C\C/C=C\CCCCCCCCCCCCCCCCCCCCCCCC(=O)OC(COC(=O)CCCCCCCC/C=C\C/C=C\C/C=C\CCCCCCC)COP(=O)(O)OCC[N+](C)(C)C. The van der Waals surface area contributed by atoms with E-state index in [1.165, 1.54) is 173 Å². The molecule has 0 aliphatic heterocycles. The summed E-state index contributed by atoms with van der Waals surface area (Å²) in [6, 6.07) is 0. The number of nitrogens with zero attached hydrogens (tertiary/aromatic N) is 1. The zero-order chi connectivity index (χ0) is 59.8. The molecular weight excluding hydrogens is 1040 g/mol. The van der Waals surface area contributed by atoms with Crippen LogP contribution in [0.25, 0.3) is 0 Å². The first-order chi connectivity index (χ1) is 40.0. The molecule has 0 aliphatic carbocycles. The first-order valence-electron chi connectivity index (χ1n) is 34.0. The molecule has 1 N–H and O–H groups in total. The van der Waals surface area contributed by atoms with Gasteiger partial charge in [-0.1, -0.05) is 284 Å². The first-order valence-corrected chi connectivity index (χ1v) is 35.5. The van der Waals surface area contributed by atoms with Gasteiger partial charge in [-0.2, -0.15) is 0 Å². The summed E-state index contributed by atoms with van der Waals surface area (Å²) >= 11 is 0. The monoisotopic (exact) mass is 1170 g/mol. The molecule has 0 aromatic heterocycles.